The Labute approximate surface area is 271 Å². The van der Waals surface area contributed by atoms with Crippen molar-refractivity contribution < 1.29 is 33.8 Å². The number of hydrogen-bond donors (Lipinski definition) is 2. The summed E-state index contributed by atoms with van der Waals surface area (Å²) in [5.41, 5.74) is -0.704. The highest BCUT2D eigenvalue weighted by Crippen LogP contribution is 2.54. The quantitative estimate of drug-likeness (QED) is 0.363. The number of carbonyl (C=O) groups is 4. The fourth-order valence-electron chi connectivity index (χ4n) is 8.26. The van der Waals surface area contributed by atoms with E-state index in [1.165, 1.54) is 0 Å². The summed E-state index contributed by atoms with van der Waals surface area (Å²) in [5.74, 6) is -3.51. The highest BCUT2D eigenvalue weighted by molar-refractivity contribution is 5.99. The fourth-order valence-corrected chi connectivity index (χ4v) is 8.26. The predicted molar refractivity (Wildman–Crippen MR) is 170 cm³/mol. The summed E-state index contributed by atoms with van der Waals surface area (Å²) in [6, 6.07) is 7.62. The number of nitrogens with zero attached hydrogens (tertiary/aromatic N) is 2. The van der Waals surface area contributed by atoms with Gasteiger partial charge in [0.05, 0.1) is 31.2 Å². The normalized spacial score (nSPS) is 34.3. The molecule has 10 heteroatoms. The second kappa shape index (κ2) is 13.7. The van der Waals surface area contributed by atoms with Crippen LogP contribution in [-0.2, 0) is 28.7 Å². The number of carbonyl (C=O) groups excluding carboxylic acids is 4. The van der Waals surface area contributed by atoms with Gasteiger partial charge in [0, 0.05) is 19.0 Å². The monoisotopic (exact) mass is 633 g/mol. The van der Waals surface area contributed by atoms with Gasteiger partial charge in [-0.15, -0.1) is 0 Å². The van der Waals surface area contributed by atoms with Crippen LogP contribution in [0.15, 0.2) is 54.6 Å². The summed E-state index contributed by atoms with van der Waals surface area (Å²) >= 11 is 0. The molecule has 10 nitrogen and oxygen atoms in total. The maximum Gasteiger partial charge on any atom is 0.313 e. The van der Waals surface area contributed by atoms with Crippen LogP contribution in [0.4, 0.5) is 0 Å². The number of allylic oxidation sites excluding steroid dienone is 1. The number of fused-ring (bicyclic) bond motifs is 2. The average Bonchev–Trinajstić information content (AvgIpc) is 3.46. The second-order valence-electron chi connectivity index (χ2n) is 13.5. The summed E-state index contributed by atoms with van der Waals surface area (Å²) in [4.78, 5) is 60.0. The molecule has 2 saturated heterocycles. The van der Waals surface area contributed by atoms with Gasteiger partial charge < -0.3 is 29.7 Å². The lowest BCUT2D eigenvalue weighted by molar-refractivity contribution is -0.161. The van der Waals surface area contributed by atoms with Crippen LogP contribution in [0.25, 0.3) is 0 Å². The number of benzene rings is 1. The zero-order valence-electron chi connectivity index (χ0n) is 26.9. The lowest BCUT2D eigenvalue weighted by atomic mass is 9.77. The molecule has 2 N–H and O–H groups in total. The van der Waals surface area contributed by atoms with E-state index < -0.39 is 47.7 Å². The van der Waals surface area contributed by atoms with Gasteiger partial charge in [-0.1, -0.05) is 94.2 Å². The standard InChI is InChI=1S/C36H47N3O7/c1-3-23(2)26(22-40)39-32-34(43)38(25-15-8-5-9-16-25)20-12-19-36(32)31(33(39)42)30-27(46-36)17-10-11-18-29(41)37-21-28(45-35(30)44)24-13-6-4-7-14-24/h4,6-7,10,12-14,17,19,23,25-28,30-32,40H,3,5,8-9,11,15-16,18,20-22H2,1-2H3,(H,37,41)/b17-10-/t23-,26-,27-,28+,30+,31+,32-,36+/m0/s1. The van der Waals surface area contributed by atoms with Crippen molar-refractivity contribution in [3.63, 3.8) is 0 Å². The van der Waals surface area contributed by atoms with E-state index >= 15 is 0 Å². The Bertz CT molecular complexity index is 1360. The Hall–Kier alpha value is -3.50. The Kier molecular flexibility index (Phi) is 9.66. The molecule has 4 aliphatic heterocycles. The molecule has 1 spiro atoms. The molecule has 248 valence electrons. The molecule has 1 saturated carbocycles. The smallest absolute Gasteiger partial charge is 0.313 e. The summed E-state index contributed by atoms with van der Waals surface area (Å²) in [6.45, 7) is 4.14. The topological polar surface area (TPSA) is 125 Å². The van der Waals surface area contributed by atoms with Crippen molar-refractivity contribution in [3.8, 4) is 0 Å². The van der Waals surface area contributed by atoms with Crippen LogP contribution in [0.1, 0.15) is 76.9 Å². The van der Waals surface area contributed by atoms with E-state index in [4.69, 9.17) is 9.47 Å². The zero-order valence-corrected chi connectivity index (χ0v) is 26.9. The first-order valence-electron chi connectivity index (χ1n) is 17.1. The van der Waals surface area contributed by atoms with Crippen molar-refractivity contribution in [2.75, 3.05) is 19.7 Å². The molecule has 0 bridgehead atoms. The van der Waals surface area contributed by atoms with E-state index in [0.717, 1.165) is 37.7 Å². The number of cyclic esters (lactones) is 1. The number of likely N-dealkylation sites (tertiary alicyclic amines) is 1. The molecule has 3 amide bonds. The molecule has 0 aromatic heterocycles. The van der Waals surface area contributed by atoms with E-state index in [1.807, 2.05) is 67.3 Å². The number of rotatable bonds is 6. The Morgan fingerprint density at radius 3 is 2.52 bits per heavy atom. The number of esters is 1. The van der Waals surface area contributed by atoms with Gasteiger partial charge in [0.2, 0.25) is 17.7 Å². The molecule has 1 aliphatic carbocycles. The third kappa shape index (κ3) is 5.79. The van der Waals surface area contributed by atoms with Crippen molar-refractivity contribution in [2.45, 2.75) is 101 Å². The fraction of sp³-hybridized carbons (Fsp3) is 0.611. The molecule has 0 radical (unpaired) electrons. The number of nitrogens with one attached hydrogen (secondary N) is 1. The third-order valence-corrected chi connectivity index (χ3v) is 10.9. The minimum atomic E-state index is -1.42. The van der Waals surface area contributed by atoms with Crippen molar-refractivity contribution in [1.29, 1.82) is 0 Å². The number of ether oxygens (including phenoxy) is 2. The Morgan fingerprint density at radius 1 is 1.04 bits per heavy atom. The van der Waals surface area contributed by atoms with Gasteiger partial charge in [-0.25, -0.2) is 0 Å². The summed E-state index contributed by atoms with van der Waals surface area (Å²) in [7, 11) is 0. The number of hydrogen-bond acceptors (Lipinski definition) is 7. The molecule has 4 heterocycles. The van der Waals surface area contributed by atoms with Crippen LogP contribution in [-0.4, -0.2) is 88.1 Å². The number of aliphatic hydroxyl groups excluding tert-OH is 1. The van der Waals surface area contributed by atoms with Crippen LogP contribution >= 0.6 is 0 Å². The summed E-state index contributed by atoms with van der Waals surface area (Å²) in [6.07, 6.45) is 12.1. The van der Waals surface area contributed by atoms with E-state index in [0.29, 0.717) is 19.4 Å². The highest BCUT2D eigenvalue weighted by atomic mass is 16.6. The highest BCUT2D eigenvalue weighted by Gasteiger charge is 2.73. The van der Waals surface area contributed by atoms with E-state index in [1.54, 1.807) is 11.0 Å². The van der Waals surface area contributed by atoms with E-state index in [-0.39, 0.29) is 49.3 Å². The van der Waals surface area contributed by atoms with Gasteiger partial charge in [-0.05, 0) is 30.7 Å². The van der Waals surface area contributed by atoms with E-state index in [9.17, 15) is 24.3 Å². The lowest BCUT2D eigenvalue weighted by Gasteiger charge is -2.42. The maximum absolute atomic E-state index is 14.8. The van der Waals surface area contributed by atoms with Crippen molar-refractivity contribution in [1.82, 2.24) is 15.1 Å². The third-order valence-electron chi connectivity index (χ3n) is 10.9. The molecule has 3 fully saturated rings. The maximum atomic E-state index is 14.8. The van der Waals surface area contributed by atoms with Crippen LogP contribution in [0.5, 0.6) is 0 Å². The molecule has 1 aromatic carbocycles. The molecule has 46 heavy (non-hydrogen) atoms. The summed E-state index contributed by atoms with van der Waals surface area (Å²) < 4.78 is 13.0. The molecule has 1 aromatic rings. The molecular weight excluding hydrogens is 586 g/mol. The largest absolute Gasteiger partial charge is 0.455 e. The SMILES string of the molecule is CC[C@H](C)[C@H](CO)N1C(=O)[C@H]2[C@@H]3C(=O)O[C@@H](c4ccccc4)CNC(=O)CC/C=C\[C@@H]3O[C@]23C=CCN(C2CCCCC2)C(=O)[C@H]13. The van der Waals surface area contributed by atoms with Gasteiger partial charge in [0.1, 0.15) is 23.7 Å². The van der Waals surface area contributed by atoms with Crippen LogP contribution in [0.2, 0.25) is 0 Å². The Balaban J connectivity index is 1.44. The molecule has 5 aliphatic rings. The predicted octanol–water partition coefficient (Wildman–Crippen LogP) is 3.46. The first-order valence-corrected chi connectivity index (χ1v) is 17.1. The Morgan fingerprint density at radius 2 is 1.80 bits per heavy atom. The van der Waals surface area contributed by atoms with Crippen molar-refractivity contribution >= 4 is 23.7 Å². The summed E-state index contributed by atoms with van der Waals surface area (Å²) in [5, 5.41) is 13.6. The minimum absolute atomic E-state index is 0.0596. The zero-order chi connectivity index (χ0) is 32.4. The van der Waals surface area contributed by atoms with Crippen LogP contribution in [0, 0.1) is 17.8 Å². The molecule has 0 unspecified atom stereocenters. The molecule has 6 rings (SSSR count). The van der Waals surface area contributed by atoms with Gasteiger partial charge in [-0.2, -0.15) is 0 Å². The number of aliphatic hydroxyl groups is 1. The molecular formula is C36H47N3O7. The number of amides is 3. The second-order valence-corrected chi connectivity index (χ2v) is 13.5. The average molecular weight is 634 g/mol. The minimum Gasteiger partial charge on any atom is -0.455 e. The van der Waals surface area contributed by atoms with Gasteiger partial charge in [0.15, 0.2) is 0 Å². The van der Waals surface area contributed by atoms with E-state index in [2.05, 4.69) is 5.32 Å². The first kappa shape index (κ1) is 32.4. The van der Waals surface area contributed by atoms with Gasteiger partial charge in [0.25, 0.3) is 0 Å². The van der Waals surface area contributed by atoms with Crippen molar-refractivity contribution in [2.24, 2.45) is 17.8 Å². The van der Waals surface area contributed by atoms with Gasteiger partial charge in [-0.3, -0.25) is 19.2 Å². The van der Waals surface area contributed by atoms with Crippen LogP contribution in [0.3, 0.4) is 0 Å². The molecule has 8 atom stereocenters. The van der Waals surface area contributed by atoms with Crippen LogP contribution < -0.4 is 5.32 Å². The van der Waals surface area contributed by atoms with Crippen molar-refractivity contribution in [3.05, 3.63) is 60.2 Å². The lowest BCUT2D eigenvalue weighted by Crippen LogP contribution is -2.60. The van der Waals surface area contributed by atoms with Gasteiger partial charge >= 0.3 is 5.97 Å². The first-order chi connectivity index (χ1) is 22.3.